The Kier molecular flexibility index (Phi) is 6.20. The number of nitrogens with zero attached hydrogens (tertiary/aromatic N) is 4. The Hall–Kier alpha value is -8.22. The lowest BCUT2D eigenvalue weighted by molar-refractivity contribution is 0.651. The van der Waals surface area contributed by atoms with Crippen molar-refractivity contribution in [2.75, 3.05) is 0 Å². The maximum Gasteiger partial charge on any atom is 0.238 e. The van der Waals surface area contributed by atoms with Gasteiger partial charge in [0.05, 0.1) is 33.1 Å². The van der Waals surface area contributed by atoms with E-state index < -0.39 is 0 Å². The molecule has 0 aliphatic heterocycles. The molecule has 0 unspecified atom stereocenters. The van der Waals surface area contributed by atoms with Crippen LogP contribution in [0.5, 0.6) is 0 Å². The van der Waals surface area contributed by atoms with E-state index in [1.165, 1.54) is 32.3 Å². The Morgan fingerprint density at radius 1 is 0.367 bits per heavy atom. The lowest BCUT2D eigenvalue weighted by Crippen LogP contribution is -2.04. The van der Waals surface area contributed by atoms with Crippen molar-refractivity contribution >= 4 is 109 Å². The van der Waals surface area contributed by atoms with Crippen molar-refractivity contribution in [3.05, 3.63) is 182 Å². The molecule has 0 spiro atoms. The quantitative estimate of drug-likeness (QED) is 0.180. The molecule has 0 aliphatic rings. The molecular formula is C54H30N4O2. The molecule has 0 aliphatic carbocycles. The molecule has 5 aromatic heterocycles. The van der Waals surface area contributed by atoms with E-state index in [2.05, 4.69) is 161 Å². The van der Waals surface area contributed by atoms with Crippen molar-refractivity contribution in [1.29, 1.82) is 0 Å². The molecule has 14 aromatic rings. The van der Waals surface area contributed by atoms with Crippen LogP contribution in [0.4, 0.5) is 0 Å². The standard InChI is InChI=1S/C54H30N4O2/c1-2-16-32(17-3-1)57-42-30-29-31-15-4-5-18-33(31)46(42)47-36-21-7-6-20-35(36)45-38-22-8-11-26-41(38)58(50(45)51(47)57)54-55-49(48-39-23-10-13-28-44(39)60-53(48)56-54)40-25-14-24-37-34-19-9-12-27-43(34)59-52(37)40/h1-30H. The van der Waals surface area contributed by atoms with Gasteiger partial charge < -0.3 is 13.4 Å². The van der Waals surface area contributed by atoms with Crippen LogP contribution in [0.15, 0.2) is 191 Å². The number of benzene rings is 9. The van der Waals surface area contributed by atoms with Crippen LogP contribution in [-0.2, 0) is 0 Å². The smallest absolute Gasteiger partial charge is 0.238 e. The maximum atomic E-state index is 6.70. The number of hydrogen-bond donors (Lipinski definition) is 0. The molecule has 278 valence electrons. The van der Waals surface area contributed by atoms with Crippen LogP contribution in [0.3, 0.4) is 0 Å². The third kappa shape index (κ3) is 4.11. The van der Waals surface area contributed by atoms with Crippen LogP contribution in [0.25, 0.3) is 132 Å². The SMILES string of the molecule is c1ccc(-n2c3ccc4ccccc4c3c3c4ccccc4c4c5ccccc5n(-c5nc(-c6cccc7c6oc6ccccc67)c6c(n5)oc5ccccc56)c4c32)cc1. The fraction of sp³-hybridized carbons (Fsp3) is 0. The Morgan fingerprint density at radius 2 is 1.00 bits per heavy atom. The number of aromatic nitrogens is 4. The van der Waals surface area contributed by atoms with Gasteiger partial charge in [-0.05, 0) is 64.0 Å². The number of hydrogen-bond acceptors (Lipinski definition) is 4. The van der Waals surface area contributed by atoms with Crippen molar-refractivity contribution in [3.63, 3.8) is 0 Å². The highest BCUT2D eigenvalue weighted by Crippen LogP contribution is 2.49. The summed E-state index contributed by atoms with van der Waals surface area (Å²) in [6.07, 6.45) is 0. The highest BCUT2D eigenvalue weighted by Gasteiger charge is 2.28. The molecule has 60 heavy (non-hydrogen) atoms. The summed E-state index contributed by atoms with van der Waals surface area (Å²) in [5.74, 6) is 0.516. The van der Waals surface area contributed by atoms with E-state index in [4.69, 9.17) is 18.8 Å². The molecule has 0 N–H and O–H groups in total. The first-order valence-corrected chi connectivity index (χ1v) is 20.3. The van der Waals surface area contributed by atoms with E-state index in [0.29, 0.717) is 11.7 Å². The molecular weight excluding hydrogens is 737 g/mol. The molecule has 14 rings (SSSR count). The average Bonchev–Trinajstić information content (AvgIpc) is 4.07. The van der Waals surface area contributed by atoms with Crippen molar-refractivity contribution in [1.82, 2.24) is 19.1 Å². The first-order chi connectivity index (χ1) is 29.8. The van der Waals surface area contributed by atoms with Gasteiger partial charge in [0, 0.05) is 49.0 Å². The second kappa shape index (κ2) is 11.7. The molecule has 0 amide bonds. The molecule has 0 atom stereocenters. The van der Waals surface area contributed by atoms with Crippen LogP contribution in [0.1, 0.15) is 0 Å². The zero-order valence-corrected chi connectivity index (χ0v) is 31.9. The molecule has 0 radical (unpaired) electrons. The highest BCUT2D eigenvalue weighted by molar-refractivity contribution is 6.39. The van der Waals surface area contributed by atoms with Gasteiger partial charge in [0.1, 0.15) is 16.7 Å². The summed E-state index contributed by atoms with van der Waals surface area (Å²) in [5, 5.41) is 13.4. The van der Waals surface area contributed by atoms with E-state index in [0.717, 1.165) is 88.1 Å². The van der Waals surface area contributed by atoms with Gasteiger partial charge >= 0.3 is 0 Å². The third-order valence-corrected chi connectivity index (χ3v) is 12.5. The molecule has 5 heterocycles. The Bertz CT molecular complexity index is 4130. The van der Waals surface area contributed by atoms with Crippen LogP contribution in [0, 0.1) is 0 Å². The van der Waals surface area contributed by atoms with Gasteiger partial charge in [-0.2, -0.15) is 4.98 Å². The zero-order valence-electron chi connectivity index (χ0n) is 31.9. The van der Waals surface area contributed by atoms with Gasteiger partial charge in [0.2, 0.25) is 11.7 Å². The summed E-state index contributed by atoms with van der Waals surface area (Å²) in [6.45, 7) is 0. The highest BCUT2D eigenvalue weighted by atomic mass is 16.3. The third-order valence-electron chi connectivity index (χ3n) is 12.5. The van der Waals surface area contributed by atoms with Crippen molar-refractivity contribution < 1.29 is 8.83 Å². The van der Waals surface area contributed by atoms with Gasteiger partial charge in [-0.3, -0.25) is 4.57 Å². The van der Waals surface area contributed by atoms with Crippen molar-refractivity contribution in [2.45, 2.75) is 0 Å². The summed E-state index contributed by atoms with van der Waals surface area (Å²) in [7, 11) is 0. The number of para-hydroxylation sites is 5. The number of rotatable bonds is 3. The van der Waals surface area contributed by atoms with Gasteiger partial charge in [0.15, 0.2) is 0 Å². The Labute approximate surface area is 340 Å². The number of fused-ring (bicyclic) bond motifs is 18. The summed E-state index contributed by atoms with van der Waals surface area (Å²) < 4.78 is 18.1. The summed E-state index contributed by atoms with van der Waals surface area (Å²) in [5.41, 5.74) is 9.84. The summed E-state index contributed by atoms with van der Waals surface area (Å²) >= 11 is 0. The molecule has 0 bridgehead atoms. The first kappa shape index (κ1) is 31.8. The first-order valence-electron chi connectivity index (χ1n) is 20.3. The number of furan rings is 2. The zero-order chi connectivity index (χ0) is 39.1. The Morgan fingerprint density at radius 3 is 1.83 bits per heavy atom. The predicted octanol–water partition coefficient (Wildman–Crippen LogP) is 14.4. The van der Waals surface area contributed by atoms with Crippen LogP contribution in [0.2, 0.25) is 0 Å². The topological polar surface area (TPSA) is 61.9 Å². The van der Waals surface area contributed by atoms with Crippen LogP contribution >= 0.6 is 0 Å². The van der Waals surface area contributed by atoms with Crippen molar-refractivity contribution in [3.8, 4) is 22.9 Å². The lowest BCUT2D eigenvalue weighted by Gasteiger charge is -2.14. The fourth-order valence-corrected chi connectivity index (χ4v) is 10.1. The van der Waals surface area contributed by atoms with E-state index in [1.807, 2.05) is 30.3 Å². The minimum absolute atomic E-state index is 0.516. The predicted molar refractivity (Wildman–Crippen MR) is 246 cm³/mol. The largest absolute Gasteiger partial charge is 0.455 e. The van der Waals surface area contributed by atoms with E-state index >= 15 is 0 Å². The van der Waals surface area contributed by atoms with E-state index in [-0.39, 0.29) is 0 Å². The second-order valence-corrected chi connectivity index (χ2v) is 15.6. The van der Waals surface area contributed by atoms with E-state index in [1.54, 1.807) is 0 Å². The van der Waals surface area contributed by atoms with Gasteiger partial charge in [-0.15, -0.1) is 0 Å². The molecule has 9 aromatic carbocycles. The van der Waals surface area contributed by atoms with E-state index in [9.17, 15) is 0 Å². The molecule has 0 saturated heterocycles. The molecule has 0 saturated carbocycles. The van der Waals surface area contributed by atoms with Gasteiger partial charge in [-0.1, -0.05) is 140 Å². The maximum absolute atomic E-state index is 6.70. The minimum atomic E-state index is 0.516. The van der Waals surface area contributed by atoms with Crippen LogP contribution < -0.4 is 0 Å². The fourth-order valence-electron chi connectivity index (χ4n) is 10.1. The van der Waals surface area contributed by atoms with Crippen LogP contribution in [-0.4, -0.2) is 19.1 Å². The van der Waals surface area contributed by atoms with Gasteiger partial charge in [0.25, 0.3) is 0 Å². The summed E-state index contributed by atoms with van der Waals surface area (Å²) in [4.78, 5) is 11.1. The molecule has 0 fully saturated rings. The van der Waals surface area contributed by atoms with Gasteiger partial charge in [-0.25, -0.2) is 4.98 Å². The average molecular weight is 767 g/mol. The lowest BCUT2D eigenvalue weighted by atomic mass is 9.96. The molecule has 6 nitrogen and oxygen atoms in total. The molecule has 6 heteroatoms. The monoisotopic (exact) mass is 766 g/mol. The van der Waals surface area contributed by atoms with Crippen molar-refractivity contribution in [2.24, 2.45) is 0 Å². The second-order valence-electron chi connectivity index (χ2n) is 15.6. The summed E-state index contributed by atoms with van der Waals surface area (Å²) in [6, 6.07) is 64.1. The minimum Gasteiger partial charge on any atom is -0.455 e. The normalized spacial score (nSPS) is 12.3. The Balaban J connectivity index is 1.23.